The number of fused-ring (bicyclic) bond motifs is 1. The van der Waals surface area contributed by atoms with E-state index in [-0.39, 0.29) is 23.1 Å². The van der Waals surface area contributed by atoms with Gasteiger partial charge in [-0.15, -0.1) is 0 Å². The number of esters is 1. The molecule has 31 heavy (non-hydrogen) atoms. The maximum absolute atomic E-state index is 12.4. The Morgan fingerprint density at radius 3 is 2.42 bits per heavy atom. The molecule has 0 fully saturated rings. The number of hydrogen-bond acceptors (Lipinski definition) is 5. The van der Waals surface area contributed by atoms with Crippen molar-refractivity contribution in [3.05, 3.63) is 81.2 Å². The Bertz CT molecular complexity index is 1140. The molecule has 6 nitrogen and oxygen atoms in total. The van der Waals surface area contributed by atoms with Crippen LogP contribution in [-0.4, -0.2) is 18.5 Å². The van der Waals surface area contributed by atoms with Crippen LogP contribution in [0.25, 0.3) is 11.0 Å². The van der Waals surface area contributed by atoms with Crippen molar-refractivity contribution in [2.75, 3.05) is 6.61 Å². The second-order valence-electron chi connectivity index (χ2n) is 7.93. The van der Waals surface area contributed by atoms with Gasteiger partial charge in [0, 0.05) is 6.07 Å². The first kappa shape index (κ1) is 22.3. The minimum absolute atomic E-state index is 0.147. The zero-order valence-corrected chi connectivity index (χ0v) is 18.2. The number of benzene rings is 2. The summed E-state index contributed by atoms with van der Waals surface area (Å²) in [6.45, 7) is 7.50. The summed E-state index contributed by atoms with van der Waals surface area (Å²) in [5.41, 5.74) is 3.08. The van der Waals surface area contributed by atoms with E-state index in [0.717, 1.165) is 23.6 Å². The fraction of sp³-hybridized carbons (Fsp3) is 0.320. The summed E-state index contributed by atoms with van der Waals surface area (Å²) in [6.07, 6.45) is 0.944. The lowest BCUT2D eigenvalue weighted by atomic mass is 9.95. The highest BCUT2D eigenvalue weighted by molar-refractivity contribution is 5.90. The standard InChI is InChI=1S/C25H27NO5/c1-5-17-7-9-18(10-8-17)24(15(2)3)26-23(28)14-30-25(29)22-13-20(27)19-12-16(4)6-11-21(19)31-22/h6-13,15,24H,5,14H2,1-4H3,(H,26,28)/t24-/m0/s1. The quantitative estimate of drug-likeness (QED) is 0.574. The number of carbonyl (C=O) groups is 2. The molecule has 1 aromatic heterocycles. The zero-order valence-electron chi connectivity index (χ0n) is 18.2. The van der Waals surface area contributed by atoms with Gasteiger partial charge in [0.2, 0.25) is 5.76 Å². The lowest BCUT2D eigenvalue weighted by molar-refractivity contribution is -0.125. The highest BCUT2D eigenvalue weighted by atomic mass is 16.5. The van der Waals surface area contributed by atoms with Crippen LogP contribution in [0.15, 0.2) is 57.7 Å². The zero-order chi connectivity index (χ0) is 22.5. The third-order valence-electron chi connectivity index (χ3n) is 5.15. The third kappa shape index (κ3) is 5.40. The molecule has 3 aromatic rings. The Kier molecular flexibility index (Phi) is 6.90. The van der Waals surface area contributed by atoms with E-state index < -0.39 is 18.5 Å². The van der Waals surface area contributed by atoms with E-state index in [1.165, 1.54) is 5.56 Å². The summed E-state index contributed by atoms with van der Waals surface area (Å²) in [5, 5.41) is 3.31. The van der Waals surface area contributed by atoms with Gasteiger partial charge < -0.3 is 14.5 Å². The first-order chi connectivity index (χ1) is 14.8. The Hall–Kier alpha value is -3.41. The van der Waals surface area contributed by atoms with Crippen molar-refractivity contribution in [2.45, 2.75) is 40.2 Å². The molecule has 0 unspecified atom stereocenters. The predicted molar refractivity (Wildman–Crippen MR) is 119 cm³/mol. The van der Waals surface area contributed by atoms with Crippen LogP contribution in [0.3, 0.4) is 0 Å². The molecule has 2 aromatic carbocycles. The first-order valence-corrected chi connectivity index (χ1v) is 10.4. The molecule has 162 valence electrons. The van der Waals surface area contributed by atoms with Gasteiger partial charge in [0.1, 0.15) is 5.58 Å². The van der Waals surface area contributed by atoms with Gasteiger partial charge >= 0.3 is 5.97 Å². The second-order valence-corrected chi connectivity index (χ2v) is 7.93. The van der Waals surface area contributed by atoms with E-state index in [2.05, 4.69) is 12.2 Å². The Labute approximate surface area is 181 Å². The third-order valence-corrected chi connectivity index (χ3v) is 5.15. The molecular weight excluding hydrogens is 394 g/mol. The number of rotatable bonds is 7. The molecule has 0 bridgehead atoms. The van der Waals surface area contributed by atoms with Crippen LogP contribution in [-0.2, 0) is 16.0 Å². The second kappa shape index (κ2) is 9.60. The summed E-state index contributed by atoms with van der Waals surface area (Å²) in [4.78, 5) is 37.0. The van der Waals surface area contributed by atoms with E-state index in [1.54, 1.807) is 18.2 Å². The number of ether oxygens (including phenoxy) is 1. The summed E-state index contributed by atoms with van der Waals surface area (Å²) >= 11 is 0. The van der Waals surface area contributed by atoms with Crippen molar-refractivity contribution in [2.24, 2.45) is 5.92 Å². The topological polar surface area (TPSA) is 85.6 Å². The van der Waals surface area contributed by atoms with Crippen molar-refractivity contribution < 1.29 is 18.7 Å². The van der Waals surface area contributed by atoms with Gasteiger partial charge in [0.25, 0.3) is 5.91 Å². The highest BCUT2D eigenvalue weighted by Crippen LogP contribution is 2.22. The fourth-order valence-corrected chi connectivity index (χ4v) is 3.38. The van der Waals surface area contributed by atoms with E-state index >= 15 is 0 Å². The molecule has 1 N–H and O–H groups in total. The van der Waals surface area contributed by atoms with Gasteiger partial charge in [-0.1, -0.05) is 56.7 Å². The number of hydrogen-bond donors (Lipinski definition) is 1. The number of aryl methyl sites for hydroxylation is 2. The Balaban J connectivity index is 1.66. The lowest BCUT2D eigenvalue weighted by Gasteiger charge is -2.23. The van der Waals surface area contributed by atoms with Gasteiger partial charge in [0.05, 0.1) is 11.4 Å². The van der Waals surface area contributed by atoms with Crippen LogP contribution in [0.1, 0.15) is 54.1 Å². The van der Waals surface area contributed by atoms with Gasteiger partial charge in [-0.05, 0) is 42.5 Å². The van der Waals surface area contributed by atoms with Crippen LogP contribution in [0.2, 0.25) is 0 Å². The van der Waals surface area contributed by atoms with Crippen LogP contribution in [0.5, 0.6) is 0 Å². The molecule has 1 heterocycles. The molecule has 0 aliphatic carbocycles. The smallest absolute Gasteiger partial charge is 0.374 e. The lowest BCUT2D eigenvalue weighted by Crippen LogP contribution is -2.35. The molecule has 1 atom stereocenters. The Morgan fingerprint density at radius 1 is 1.06 bits per heavy atom. The summed E-state index contributed by atoms with van der Waals surface area (Å²) in [6, 6.07) is 14.1. The van der Waals surface area contributed by atoms with E-state index in [1.807, 2.05) is 45.0 Å². The summed E-state index contributed by atoms with van der Waals surface area (Å²) < 4.78 is 10.6. The number of nitrogens with one attached hydrogen (secondary N) is 1. The van der Waals surface area contributed by atoms with Crippen LogP contribution in [0.4, 0.5) is 0 Å². The van der Waals surface area contributed by atoms with Crippen molar-refractivity contribution in [3.63, 3.8) is 0 Å². The normalized spacial score (nSPS) is 12.0. The van der Waals surface area contributed by atoms with Crippen LogP contribution in [0, 0.1) is 12.8 Å². The monoisotopic (exact) mass is 421 g/mol. The molecule has 0 aliphatic rings. The maximum atomic E-state index is 12.4. The van der Waals surface area contributed by atoms with Crippen molar-refractivity contribution in [1.29, 1.82) is 0 Å². The minimum atomic E-state index is -0.858. The fourth-order valence-electron chi connectivity index (χ4n) is 3.38. The van der Waals surface area contributed by atoms with E-state index in [0.29, 0.717) is 11.0 Å². The number of carbonyl (C=O) groups excluding carboxylic acids is 2. The van der Waals surface area contributed by atoms with Gasteiger partial charge in [-0.25, -0.2) is 4.79 Å². The summed E-state index contributed by atoms with van der Waals surface area (Å²) in [5.74, 6) is -1.37. The SMILES string of the molecule is CCc1ccc([C@@H](NC(=O)COC(=O)c2cc(=O)c3cc(C)ccc3o2)C(C)C)cc1. The van der Waals surface area contributed by atoms with Crippen molar-refractivity contribution >= 4 is 22.8 Å². The van der Waals surface area contributed by atoms with Crippen LogP contribution >= 0.6 is 0 Å². The average Bonchev–Trinajstić information content (AvgIpc) is 2.76. The van der Waals surface area contributed by atoms with E-state index in [4.69, 9.17) is 9.15 Å². The molecule has 0 aliphatic heterocycles. The highest BCUT2D eigenvalue weighted by Gasteiger charge is 2.20. The maximum Gasteiger partial charge on any atom is 0.374 e. The molecule has 1 amide bonds. The molecular formula is C25H27NO5. The molecule has 0 radical (unpaired) electrons. The van der Waals surface area contributed by atoms with Gasteiger partial charge in [-0.3, -0.25) is 9.59 Å². The molecule has 6 heteroatoms. The van der Waals surface area contributed by atoms with Gasteiger partial charge in [0.15, 0.2) is 12.0 Å². The largest absolute Gasteiger partial charge is 0.450 e. The Morgan fingerprint density at radius 2 is 1.77 bits per heavy atom. The predicted octanol–water partition coefficient (Wildman–Crippen LogP) is 4.33. The molecule has 0 spiro atoms. The molecule has 0 saturated carbocycles. The average molecular weight is 421 g/mol. The van der Waals surface area contributed by atoms with E-state index in [9.17, 15) is 14.4 Å². The number of amides is 1. The first-order valence-electron chi connectivity index (χ1n) is 10.4. The minimum Gasteiger partial charge on any atom is -0.450 e. The molecule has 3 rings (SSSR count). The van der Waals surface area contributed by atoms with Crippen molar-refractivity contribution in [1.82, 2.24) is 5.32 Å². The van der Waals surface area contributed by atoms with Crippen LogP contribution < -0.4 is 10.7 Å². The van der Waals surface area contributed by atoms with Gasteiger partial charge in [-0.2, -0.15) is 0 Å². The summed E-state index contributed by atoms with van der Waals surface area (Å²) in [7, 11) is 0. The van der Waals surface area contributed by atoms with Crippen molar-refractivity contribution in [3.8, 4) is 0 Å². The molecule has 0 saturated heterocycles.